The summed E-state index contributed by atoms with van der Waals surface area (Å²) >= 11 is 0. The number of hydrogen-bond acceptors (Lipinski definition) is 3. The van der Waals surface area contributed by atoms with Crippen molar-refractivity contribution in [2.45, 2.75) is 45.6 Å². The first kappa shape index (κ1) is 17.7. The summed E-state index contributed by atoms with van der Waals surface area (Å²) in [7, 11) is 0. The van der Waals surface area contributed by atoms with E-state index in [1.54, 1.807) is 0 Å². The molecular weight excluding hydrogens is 252 g/mol. The van der Waals surface area contributed by atoms with E-state index in [1.165, 1.54) is 6.42 Å². The number of rotatable bonds is 8. The monoisotopic (exact) mass is 278 g/mol. The summed E-state index contributed by atoms with van der Waals surface area (Å²) in [6, 6.07) is 0. The zero-order chi connectivity index (χ0) is 12.5. The maximum atomic E-state index is 11.5. The fraction of sp³-hybridized carbons (Fsp3) is 0.923. The van der Waals surface area contributed by atoms with E-state index in [0.29, 0.717) is 12.3 Å². The van der Waals surface area contributed by atoms with Gasteiger partial charge in [-0.3, -0.25) is 4.79 Å². The summed E-state index contributed by atoms with van der Waals surface area (Å²) in [5, 5.41) is 6.26. The molecule has 0 bridgehead atoms. The summed E-state index contributed by atoms with van der Waals surface area (Å²) in [6.45, 7) is 7.69. The van der Waals surface area contributed by atoms with Crippen LogP contribution in [0.1, 0.15) is 39.5 Å². The Morgan fingerprint density at radius 2 is 2.28 bits per heavy atom. The molecule has 2 N–H and O–H groups in total. The van der Waals surface area contributed by atoms with E-state index in [0.717, 1.165) is 39.1 Å². The van der Waals surface area contributed by atoms with E-state index >= 15 is 0 Å². The summed E-state index contributed by atoms with van der Waals surface area (Å²) in [6.07, 6.45) is 4.07. The van der Waals surface area contributed by atoms with Gasteiger partial charge in [0.1, 0.15) is 0 Å². The number of nitrogens with one attached hydrogen (secondary N) is 2. The zero-order valence-corrected chi connectivity index (χ0v) is 12.4. The highest BCUT2D eigenvalue weighted by Gasteiger charge is 2.15. The topological polar surface area (TPSA) is 50.4 Å². The van der Waals surface area contributed by atoms with Gasteiger partial charge in [-0.15, -0.1) is 12.4 Å². The fourth-order valence-corrected chi connectivity index (χ4v) is 2.00. The first-order valence-electron chi connectivity index (χ1n) is 6.77. The van der Waals surface area contributed by atoms with Crippen LogP contribution in [0.3, 0.4) is 0 Å². The third-order valence-corrected chi connectivity index (χ3v) is 3.04. The van der Waals surface area contributed by atoms with E-state index in [2.05, 4.69) is 10.6 Å². The first-order valence-corrected chi connectivity index (χ1v) is 6.77. The van der Waals surface area contributed by atoms with Crippen molar-refractivity contribution in [3.8, 4) is 0 Å². The highest BCUT2D eigenvalue weighted by atomic mass is 35.5. The van der Waals surface area contributed by atoms with E-state index in [-0.39, 0.29) is 24.4 Å². The number of amides is 1. The number of ether oxygens (including phenoxy) is 1. The van der Waals surface area contributed by atoms with Gasteiger partial charge in [-0.1, -0.05) is 0 Å². The van der Waals surface area contributed by atoms with Gasteiger partial charge in [-0.25, -0.2) is 0 Å². The van der Waals surface area contributed by atoms with Gasteiger partial charge in [-0.2, -0.15) is 0 Å². The third kappa shape index (κ3) is 8.72. The Kier molecular flexibility index (Phi) is 10.4. The minimum absolute atomic E-state index is 0. The van der Waals surface area contributed by atoms with Crippen LogP contribution in [0.15, 0.2) is 0 Å². The van der Waals surface area contributed by atoms with Crippen LogP contribution in [-0.4, -0.2) is 38.3 Å². The van der Waals surface area contributed by atoms with Crippen LogP contribution < -0.4 is 10.6 Å². The summed E-state index contributed by atoms with van der Waals surface area (Å²) < 4.78 is 5.41. The molecule has 1 rings (SSSR count). The van der Waals surface area contributed by atoms with Crippen molar-refractivity contribution in [3.05, 3.63) is 0 Å². The van der Waals surface area contributed by atoms with Crippen LogP contribution in [-0.2, 0) is 9.53 Å². The van der Waals surface area contributed by atoms with E-state index < -0.39 is 0 Å². The Hall–Kier alpha value is -0.320. The van der Waals surface area contributed by atoms with Gasteiger partial charge in [-0.05, 0) is 52.1 Å². The minimum atomic E-state index is 0. The molecule has 0 saturated carbocycles. The predicted octanol–water partition coefficient (Wildman–Crippen LogP) is 1.73. The highest BCUT2D eigenvalue weighted by Crippen LogP contribution is 2.13. The second kappa shape index (κ2) is 10.6. The molecule has 1 saturated heterocycles. The molecule has 0 aromatic carbocycles. The van der Waals surface area contributed by atoms with Crippen molar-refractivity contribution in [2.24, 2.45) is 5.92 Å². The van der Waals surface area contributed by atoms with E-state index in [4.69, 9.17) is 4.74 Å². The standard InChI is InChI=1S/C13H26N2O2.ClH/c1-11(2)17-9-3-7-15-13(16)5-4-12-6-8-14-10-12;/h11-12,14H,3-10H2,1-2H3,(H,15,16);1H. The van der Waals surface area contributed by atoms with Crippen LogP contribution in [0.2, 0.25) is 0 Å². The summed E-state index contributed by atoms with van der Waals surface area (Å²) in [5.41, 5.74) is 0. The molecule has 4 nitrogen and oxygen atoms in total. The van der Waals surface area contributed by atoms with Gasteiger partial charge in [0, 0.05) is 19.6 Å². The molecule has 1 fully saturated rings. The molecule has 0 aliphatic carbocycles. The quantitative estimate of drug-likeness (QED) is 0.665. The average Bonchev–Trinajstić information content (AvgIpc) is 2.78. The van der Waals surface area contributed by atoms with Crippen LogP contribution in [0.5, 0.6) is 0 Å². The molecule has 1 unspecified atom stereocenters. The Morgan fingerprint density at radius 3 is 2.89 bits per heavy atom. The maximum Gasteiger partial charge on any atom is 0.220 e. The SMILES string of the molecule is CC(C)OCCCNC(=O)CCC1CCNC1.Cl. The van der Waals surface area contributed by atoms with E-state index in [9.17, 15) is 4.79 Å². The van der Waals surface area contributed by atoms with Crippen molar-refractivity contribution >= 4 is 18.3 Å². The molecule has 1 amide bonds. The van der Waals surface area contributed by atoms with Gasteiger partial charge in [0.25, 0.3) is 0 Å². The number of halogens is 1. The van der Waals surface area contributed by atoms with Gasteiger partial charge in [0.05, 0.1) is 6.10 Å². The lowest BCUT2D eigenvalue weighted by molar-refractivity contribution is -0.121. The molecule has 0 spiro atoms. The number of hydrogen-bond donors (Lipinski definition) is 2. The molecule has 1 aliphatic rings. The Balaban J connectivity index is 0.00000289. The van der Waals surface area contributed by atoms with Gasteiger partial charge in [0.2, 0.25) is 5.91 Å². The second-order valence-corrected chi connectivity index (χ2v) is 5.02. The van der Waals surface area contributed by atoms with E-state index in [1.807, 2.05) is 13.8 Å². The zero-order valence-electron chi connectivity index (χ0n) is 11.5. The van der Waals surface area contributed by atoms with Crippen LogP contribution in [0, 0.1) is 5.92 Å². The normalized spacial score (nSPS) is 18.7. The molecule has 0 aromatic heterocycles. The number of carbonyl (C=O) groups is 1. The van der Waals surface area contributed by atoms with Crippen molar-refractivity contribution < 1.29 is 9.53 Å². The molecule has 1 heterocycles. The first-order chi connectivity index (χ1) is 8.18. The molecule has 0 radical (unpaired) electrons. The van der Waals surface area contributed by atoms with Crippen molar-refractivity contribution in [2.75, 3.05) is 26.2 Å². The Morgan fingerprint density at radius 1 is 1.50 bits per heavy atom. The second-order valence-electron chi connectivity index (χ2n) is 5.02. The lowest BCUT2D eigenvalue weighted by Crippen LogP contribution is -2.26. The molecule has 5 heteroatoms. The maximum absolute atomic E-state index is 11.5. The smallest absolute Gasteiger partial charge is 0.220 e. The van der Waals surface area contributed by atoms with Gasteiger partial charge < -0.3 is 15.4 Å². The molecule has 1 atom stereocenters. The van der Waals surface area contributed by atoms with Crippen LogP contribution >= 0.6 is 12.4 Å². The van der Waals surface area contributed by atoms with Crippen LogP contribution in [0.25, 0.3) is 0 Å². The third-order valence-electron chi connectivity index (χ3n) is 3.04. The molecule has 1 aliphatic heterocycles. The Bertz CT molecular complexity index is 219. The molecule has 18 heavy (non-hydrogen) atoms. The minimum Gasteiger partial charge on any atom is -0.379 e. The van der Waals surface area contributed by atoms with Crippen molar-refractivity contribution in [1.82, 2.24) is 10.6 Å². The van der Waals surface area contributed by atoms with Gasteiger partial charge >= 0.3 is 0 Å². The summed E-state index contributed by atoms with van der Waals surface area (Å²) in [4.78, 5) is 11.5. The predicted molar refractivity (Wildman–Crippen MR) is 76.2 cm³/mol. The summed E-state index contributed by atoms with van der Waals surface area (Å²) in [5.74, 6) is 0.881. The van der Waals surface area contributed by atoms with Crippen LogP contribution in [0.4, 0.5) is 0 Å². The van der Waals surface area contributed by atoms with Crippen molar-refractivity contribution in [1.29, 1.82) is 0 Å². The fourth-order valence-electron chi connectivity index (χ4n) is 2.00. The molecular formula is C13H27ClN2O2. The largest absolute Gasteiger partial charge is 0.379 e. The highest BCUT2D eigenvalue weighted by molar-refractivity contribution is 5.85. The molecule has 108 valence electrons. The lowest BCUT2D eigenvalue weighted by atomic mass is 10.0. The van der Waals surface area contributed by atoms with Gasteiger partial charge in [0.15, 0.2) is 0 Å². The Labute approximate surface area is 117 Å². The molecule has 0 aromatic rings. The average molecular weight is 279 g/mol. The number of carbonyl (C=O) groups excluding carboxylic acids is 1. The lowest BCUT2D eigenvalue weighted by Gasteiger charge is -2.09. The van der Waals surface area contributed by atoms with Crippen molar-refractivity contribution in [3.63, 3.8) is 0 Å².